The summed E-state index contributed by atoms with van der Waals surface area (Å²) in [5.41, 5.74) is 0.883. The van der Waals surface area contributed by atoms with Gasteiger partial charge in [-0.15, -0.1) is 5.10 Å². The van der Waals surface area contributed by atoms with Crippen molar-refractivity contribution in [3.05, 3.63) is 11.9 Å². The molecular weight excluding hydrogens is 254 g/mol. The van der Waals surface area contributed by atoms with Gasteiger partial charge < -0.3 is 10.6 Å². The van der Waals surface area contributed by atoms with Crippen molar-refractivity contribution in [3.8, 4) is 0 Å². The number of nitrogens with one attached hydrogen (secondary N) is 2. The van der Waals surface area contributed by atoms with Gasteiger partial charge in [-0.3, -0.25) is 4.79 Å². The average Bonchev–Trinajstić information content (AvgIpc) is 3.11. The highest BCUT2D eigenvalue weighted by Crippen LogP contribution is 2.27. The van der Waals surface area contributed by atoms with Crippen molar-refractivity contribution in [2.45, 2.75) is 46.2 Å². The van der Waals surface area contributed by atoms with Crippen LogP contribution >= 0.6 is 0 Å². The molecule has 1 aromatic heterocycles. The molecule has 1 fully saturated rings. The summed E-state index contributed by atoms with van der Waals surface area (Å²) in [6.45, 7) is 8.45. The van der Waals surface area contributed by atoms with Gasteiger partial charge in [-0.2, -0.15) is 0 Å². The van der Waals surface area contributed by atoms with Crippen LogP contribution in [0.25, 0.3) is 0 Å². The first kappa shape index (κ1) is 15.0. The number of carbonyl (C=O) groups excluding carboxylic acids is 1. The van der Waals surface area contributed by atoms with E-state index in [9.17, 15) is 4.79 Å². The van der Waals surface area contributed by atoms with Crippen molar-refractivity contribution < 1.29 is 4.79 Å². The zero-order valence-corrected chi connectivity index (χ0v) is 12.6. The van der Waals surface area contributed by atoms with Gasteiger partial charge in [-0.25, -0.2) is 4.68 Å². The minimum Gasteiger partial charge on any atom is -0.354 e. The van der Waals surface area contributed by atoms with Crippen LogP contribution in [0, 0.1) is 11.8 Å². The van der Waals surface area contributed by atoms with E-state index < -0.39 is 0 Å². The molecule has 1 aliphatic carbocycles. The van der Waals surface area contributed by atoms with Crippen LogP contribution in [0.4, 0.5) is 0 Å². The molecule has 0 radical (unpaired) electrons. The summed E-state index contributed by atoms with van der Waals surface area (Å²) < 4.78 is 1.63. The fourth-order valence-corrected chi connectivity index (χ4v) is 1.88. The molecule has 0 aromatic carbocycles. The number of hydrogen-bond acceptors (Lipinski definition) is 4. The Kier molecular flexibility index (Phi) is 5.11. The minimum atomic E-state index is -0.321. The van der Waals surface area contributed by atoms with Crippen LogP contribution in [0.5, 0.6) is 0 Å². The van der Waals surface area contributed by atoms with Crippen LogP contribution in [0.1, 0.15) is 45.3 Å². The normalized spacial score (nSPS) is 16.4. The molecule has 6 heteroatoms. The molecule has 1 amide bonds. The summed E-state index contributed by atoms with van der Waals surface area (Å²) in [6, 6.07) is -0.321. The summed E-state index contributed by atoms with van der Waals surface area (Å²) in [5, 5.41) is 14.4. The van der Waals surface area contributed by atoms with Crippen molar-refractivity contribution in [2.75, 3.05) is 13.1 Å². The van der Waals surface area contributed by atoms with Crippen LogP contribution < -0.4 is 10.6 Å². The van der Waals surface area contributed by atoms with Gasteiger partial charge in [0.05, 0.1) is 11.9 Å². The fourth-order valence-electron chi connectivity index (χ4n) is 1.88. The Morgan fingerprint density at radius 2 is 2.20 bits per heavy atom. The maximum Gasteiger partial charge on any atom is 0.244 e. The zero-order chi connectivity index (χ0) is 14.5. The van der Waals surface area contributed by atoms with Crippen LogP contribution in [0.15, 0.2) is 6.20 Å². The van der Waals surface area contributed by atoms with Gasteiger partial charge in [-0.1, -0.05) is 19.1 Å². The van der Waals surface area contributed by atoms with Gasteiger partial charge in [0.15, 0.2) is 0 Å². The molecule has 0 bridgehead atoms. The van der Waals surface area contributed by atoms with Gasteiger partial charge in [0.1, 0.15) is 6.04 Å². The molecule has 2 N–H and O–H groups in total. The highest BCUT2D eigenvalue weighted by molar-refractivity contribution is 5.79. The van der Waals surface area contributed by atoms with E-state index in [0.29, 0.717) is 12.5 Å². The molecule has 1 heterocycles. The second-order valence-electron chi connectivity index (χ2n) is 6.08. The molecule has 1 unspecified atom stereocenters. The monoisotopic (exact) mass is 279 g/mol. The highest BCUT2D eigenvalue weighted by atomic mass is 16.2. The first-order valence-corrected chi connectivity index (χ1v) is 7.45. The number of hydrogen-bond donors (Lipinski definition) is 2. The molecule has 0 saturated heterocycles. The molecule has 6 nitrogen and oxygen atoms in total. The van der Waals surface area contributed by atoms with Crippen molar-refractivity contribution in [2.24, 2.45) is 11.8 Å². The second kappa shape index (κ2) is 6.83. The summed E-state index contributed by atoms with van der Waals surface area (Å²) >= 11 is 0. The van der Waals surface area contributed by atoms with Gasteiger partial charge >= 0.3 is 0 Å². The zero-order valence-electron chi connectivity index (χ0n) is 12.6. The highest BCUT2D eigenvalue weighted by Gasteiger charge is 2.20. The lowest BCUT2D eigenvalue weighted by atomic mass is 10.2. The Bertz CT molecular complexity index is 439. The summed E-state index contributed by atoms with van der Waals surface area (Å²) in [6.07, 6.45) is 4.53. The maximum absolute atomic E-state index is 12.0. The quantitative estimate of drug-likeness (QED) is 0.748. The van der Waals surface area contributed by atoms with Crippen LogP contribution in [-0.2, 0) is 11.3 Å². The Balaban J connectivity index is 1.78. The lowest BCUT2D eigenvalue weighted by Gasteiger charge is -2.13. The Labute approximate surface area is 120 Å². The van der Waals surface area contributed by atoms with Crippen LogP contribution in [-0.4, -0.2) is 34.0 Å². The van der Waals surface area contributed by atoms with Crippen LogP contribution in [0.2, 0.25) is 0 Å². The Morgan fingerprint density at radius 3 is 2.85 bits per heavy atom. The minimum absolute atomic E-state index is 0.0129. The molecule has 20 heavy (non-hydrogen) atoms. The molecule has 0 aliphatic heterocycles. The molecule has 1 aliphatic rings. The molecule has 2 rings (SSSR count). The number of rotatable bonds is 8. The fraction of sp³-hybridized carbons (Fsp3) is 0.786. The largest absolute Gasteiger partial charge is 0.354 e. The van der Waals surface area contributed by atoms with E-state index in [1.165, 1.54) is 12.8 Å². The molecule has 1 aromatic rings. The predicted molar refractivity (Wildman–Crippen MR) is 77.0 cm³/mol. The van der Waals surface area contributed by atoms with E-state index in [-0.39, 0.29) is 11.9 Å². The van der Waals surface area contributed by atoms with E-state index in [2.05, 4.69) is 34.8 Å². The van der Waals surface area contributed by atoms with Gasteiger partial charge in [-0.05, 0) is 38.1 Å². The average molecular weight is 279 g/mol. The number of carbonyl (C=O) groups is 1. The summed E-state index contributed by atoms with van der Waals surface area (Å²) in [5.74, 6) is 1.29. The standard InChI is InChI=1S/C14H25N5O/c1-10(2)6-16-14(20)11(3)19-9-13(17-18-19)8-15-7-12-4-5-12/h9-12,15H,4-8H2,1-3H3,(H,16,20). The number of aromatic nitrogens is 3. The Morgan fingerprint density at radius 1 is 1.45 bits per heavy atom. The summed E-state index contributed by atoms with van der Waals surface area (Å²) in [4.78, 5) is 12.0. The molecule has 1 saturated carbocycles. The van der Waals surface area contributed by atoms with Crippen LogP contribution in [0.3, 0.4) is 0 Å². The second-order valence-corrected chi connectivity index (χ2v) is 6.08. The van der Waals surface area contributed by atoms with E-state index in [0.717, 1.165) is 24.7 Å². The van der Waals surface area contributed by atoms with Crippen molar-refractivity contribution in [1.29, 1.82) is 0 Å². The molecular formula is C14H25N5O. The van der Waals surface area contributed by atoms with Crippen molar-refractivity contribution in [1.82, 2.24) is 25.6 Å². The third-order valence-corrected chi connectivity index (χ3v) is 3.45. The predicted octanol–water partition coefficient (Wildman–Crippen LogP) is 1.11. The lowest BCUT2D eigenvalue weighted by molar-refractivity contribution is -0.124. The van der Waals surface area contributed by atoms with Gasteiger partial charge in [0.25, 0.3) is 0 Å². The first-order chi connectivity index (χ1) is 9.56. The van der Waals surface area contributed by atoms with E-state index in [1.54, 1.807) is 4.68 Å². The third kappa shape index (κ3) is 4.59. The van der Waals surface area contributed by atoms with Gasteiger partial charge in [0.2, 0.25) is 5.91 Å². The van der Waals surface area contributed by atoms with E-state index >= 15 is 0 Å². The van der Waals surface area contributed by atoms with E-state index in [4.69, 9.17) is 0 Å². The maximum atomic E-state index is 12.0. The van der Waals surface area contributed by atoms with Crippen molar-refractivity contribution in [3.63, 3.8) is 0 Å². The first-order valence-electron chi connectivity index (χ1n) is 7.45. The number of nitrogens with zero attached hydrogens (tertiary/aromatic N) is 3. The molecule has 1 atom stereocenters. The Hall–Kier alpha value is -1.43. The summed E-state index contributed by atoms with van der Waals surface area (Å²) in [7, 11) is 0. The smallest absolute Gasteiger partial charge is 0.244 e. The third-order valence-electron chi connectivity index (χ3n) is 3.45. The molecule has 0 spiro atoms. The topological polar surface area (TPSA) is 71.8 Å². The van der Waals surface area contributed by atoms with E-state index in [1.807, 2.05) is 13.1 Å². The molecule has 112 valence electrons. The lowest BCUT2D eigenvalue weighted by Crippen LogP contribution is -2.33. The van der Waals surface area contributed by atoms with Crippen molar-refractivity contribution >= 4 is 5.91 Å². The SMILES string of the molecule is CC(C)CNC(=O)C(C)n1cc(CNCC2CC2)nn1. The van der Waals surface area contributed by atoms with Gasteiger partial charge in [0, 0.05) is 13.1 Å². The number of amides is 1.